The summed E-state index contributed by atoms with van der Waals surface area (Å²) in [5.74, 6) is 0.206. The van der Waals surface area contributed by atoms with E-state index in [9.17, 15) is 9.59 Å². The lowest BCUT2D eigenvalue weighted by atomic mass is 9.72. The molecule has 0 radical (unpaired) electrons. The van der Waals surface area contributed by atoms with Crippen LogP contribution < -0.4 is 0 Å². The molecule has 26 heavy (non-hydrogen) atoms. The van der Waals surface area contributed by atoms with Crippen molar-refractivity contribution in [1.29, 1.82) is 0 Å². The Morgan fingerprint density at radius 1 is 1.19 bits per heavy atom. The summed E-state index contributed by atoms with van der Waals surface area (Å²) in [7, 11) is 1.56. The summed E-state index contributed by atoms with van der Waals surface area (Å²) in [4.78, 5) is 24.4. The van der Waals surface area contributed by atoms with E-state index in [0.717, 1.165) is 0 Å². The minimum atomic E-state index is -0.717. The molecule has 0 amide bonds. The predicted octanol–water partition coefficient (Wildman–Crippen LogP) is 1.67. The number of fused-ring (bicyclic) bond motifs is 1. The normalized spacial score (nSPS) is 42.2. The molecule has 0 bridgehead atoms. The van der Waals surface area contributed by atoms with Gasteiger partial charge in [-0.2, -0.15) is 0 Å². The van der Waals surface area contributed by atoms with E-state index in [-0.39, 0.29) is 24.3 Å². The number of ether oxygens (including phenoxy) is 5. The highest BCUT2D eigenvalue weighted by Gasteiger charge is 2.75. The summed E-state index contributed by atoms with van der Waals surface area (Å²) in [6, 6.07) is 0. The first-order valence-corrected chi connectivity index (χ1v) is 9.03. The van der Waals surface area contributed by atoms with Crippen LogP contribution in [-0.4, -0.2) is 60.1 Å². The first-order chi connectivity index (χ1) is 12.0. The molecule has 5 atom stereocenters. The number of esters is 1. The Morgan fingerprint density at radius 3 is 2.50 bits per heavy atom. The SMILES string of the molecule is CO[C@@H]1C2=C(OC(C)(C)CC2=O)[C@@H]2O[C@@]23C[C@@H](OC(C)=O)C(C)(C)O[C@@H]13. The van der Waals surface area contributed by atoms with Crippen molar-refractivity contribution in [2.75, 3.05) is 7.11 Å². The lowest BCUT2D eigenvalue weighted by Gasteiger charge is -2.49. The van der Waals surface area contributed by atoms with E-state index < -0.39 is 35.1 Å². The summed E-state index contributed by atoms with van der Waals surface area (Å²) < 4.78 is 29.7. The number of methoxy groups -OCH3 is 1. The van der Waals surface area contributed by atoms with Gasteiger partial charge in [-0.25, -0.2) is 0 Å². The highest BCUT2D eigenvalue weighted by Crippen LogP contribution is 2.60. The Bertz CT molecular complexity index is 707. The van der Waals surface area contributed by atoms with Gasteiger partial charge in [-0.05, 0) is 27.7 Å². The minimum absolute atomic E-state index is 0.00992. The van der Waals surface area contributed by atoms with Crippen molar-refractivity contribution in [2.45, 2.75) is 88.7 Å². The molecule has 3 aliphatic heterocycles. The van der Waals surface area contributed by atoms with Crippen LogP contribution in [0.5, 0.6) is 0 Å². The van der Waals surface area contributed by atoms with Crippen LogP contribution in [0.25, 0.3) is 0 Å². The molecule has 0 aromatic heterocycles. The third-order valence-corrected chi connectivity index (χ3v) is 5.81. The molecule has 0 unspecified atom stereocenters. The first kappa shape index (κ1) is 17.9. The van der Waals surface area contributed by atoms with Gasteiger partial charge < -0.3 is 23.7 Å². The third-order valence-electron chi connectivity index (χ3n) is 5.81. The molecule has 144 valence electrons. The first-order valence-electron chi connectivity index (χ1n) is 9.03. The Kier molecular flexibility index (Phi) is 3.66. The quantitative estimate of drug-likeness (QED) is 0.543. The maximum absolute atomic E-state index is 12.8. The minimum Gasteiger partial charge on any atom is -0.488 e. The maximum Gasteiger partial charge on any atom is 0.303 e. The summed E-state index contributed by atoms with van der Waals surface area (Å²) in [5.41, 5.74) is -1.47. The van der Waals surface area contributed by atoms with Gasteiger partial charge in [0.15, 0.2) is 5.78 Å². The summed E-state index contributed by atoms with van der Waals surface area (Å²) in [5, 5.41) is 0. The third kappa shape index (κ3) is 2.44. The van der Waals surface area contributed by atoms with Gasteiger partial charge in [0.25, 0.3) is 0 Å². The lowest BCUT2D eigenvalue weighted by Crippen LogP contribution is -2.63. The molecule has 4 aliphatic rings. The molecule has 2 saturated heterocycles. The number of Topliss-reactive ketones (excluding diaryl/α,β-unsaturated/α-hetero) is 1. The van der Waals surface area contributed by atoms with Crippen LogP contribution >= 0.6 is 0 Å². The van der Waals surface area contributed by atoms with Gasteiger partial charge in [0.2, 0.25) is 0 Å². The lowest BCUT2D eigenvalue weighted by molar-refractivity contribution is -0.233. The van der Waals surface area contributed by atoms with Crippen molar-refractivity contribution < 1.29 is 33.3 Å². The second-order valence-electron chi connectivity index (χ2n) is 8.79. The van der Waals surface area contributed by atoms with Crippen LogP contribution in [0.4, 0.5) is 0 Å². The van der Waals surface area contributed by atoms with Gasteiger partial charge in [0.1, 0.15) is 47.0 Å². The van der Waals surface area contributed by atoms with Gasteiger partial charge in [0, 0.05) is 20.5 Å². The molecular weight excluding hydrogens is 340 g/mol. The fraction of sp³-hybridized carbons (Fsp3) is 0.789. The fourth-order valence-corrected chi connectivity index (χ4v) is 4.58. The zero-order valence-electron chi connectivity index (χ0n) is 16.1. The molecule has 3 heterocycles. The van der Waals surface area contributed by atoms with Crippen LogP contribution in [0.2, 0.25) is 0 Å². The van der Waals surface area contributed by atoms with Crippen molar-refractivity contribution in [2.24, 2.45) is 0 Å². The molecule has 4 rings (SSSR count). The zero-order chi connectivity index (χ0) is 19.1. The van der Waals surface area contributed by atoms with E-state index in [0.29, 0.717) is 17.8 Å². The molecule has 0 aromatic carbocycles. The average molecular weight is 366 g/mol. The molecule has 1 spiro atoms. The number of rotatable bonds is 2. The monoisotopic (exact) mass is 366 g/mol. The molecular formula is C19H26O7. The molecule has 0 N–H and O–H groups in total. The Balaban J connectivity index is 1.75. The molecule has 7 heteroatoms. The Labute approximate surface area is 152 Å². The molecule has 7 nitrogen and oxygen atoms in total. The van der Waals surface area contributed by atoms with Gasteiger partial charge in [-0.1, -0.05) is 0 Å². The van der Waals surface area contributed by atoms with E-state index in [4.69, 9.17) is 23.7 Å². The van der Waals surface area contributed by atoms with Crippen molar-refractivity contribution >= 4 is 11.8 Å². The molecule has 1 aliphatic carbocycles. The molecule has 2 fully saturated rings. The predicted molar refractivity (Wildman–Crippen MR) is 89.3 cm³/mol. The highest BCUT2D eigenvalue weighted by atomic mass is 16.7. The van der Waals surface area contributed by atoms with Crippen molar-refractivity contribution in [3.63, 3.8) is 0 Å². The number of carbonyl (C=O) groups excluding carboxylic acids is 2. The van der Waals surface area contributed by atoms with Crippen LogP contribution in [-0.2, 0) is 33.3 Å². The standard InChI is InChI=1S/C19H26O7/c1-9(20)23-11-8-19-15(25-18(11,4)5)13(22-6)12-10(21)7-17(2,3)24-14(12)16(19)26-19/h11,13,15-16H,7-8H2,1-6H3/t11-,13-,15+,16+,19-/m1/s1. The number of carbonyl (C=O) groups is 2. The summed E-state index contributed by atoms with van der Waals surface area (Å²) in [6.45, 7) is 8.92. The smallest absolute Gasteiger partial charge is 0.303 e. The average Bonchev–Trinajstić information content (AvgIpc) is 3.20. The highest BCUT2D eigenvalue weighted by molar-refractivity contribution is 5.99. The van der Waals surface area contributed by atoms with Crippen molar-refractivity contribution in [3.8, 4) is 0 Å². The van der Waals surface area contributed by atoms with Crippen LogP contribution in [0.1, 0.15) is 47.5 Å². The zero-order valence-corrected chi connectivity index (χ0v) is 16.1. The van der Waals surface area contributed by atoms with Gasteiger partial charge in [-0.3, -0.25) is 9.59 Å². The fourth-order valence-electron chi connectivity index (χ4n) is 4.58. The summed E-state index contributed by atoms with van der Waals surface area (Å²) in [6.07, 6.45) is -1.07. The van der Waals surface area contributed by atoms with E-state index in [1.54, 1.807) is 7.11 Å². The van der Waals surface area contributed by atoms with E-state index in [2.05, 4.69) is 0 Å². The molecule has 0 aromatic rings. The Hall–Kier alpha value is -1.44. The second-order valence-corrected chi connectivity index (χ2v) is 8.79. The van der Waals surface area contributed by atoms with Gasteiger partial charge in [0.05, 0.1) is 12.0 Å². The maximum atomic E-state index is 12.8. The van der Waals surface area contributed by atoms with Crippen LogP contribution in [0.3, 0.4) is 0 Å². The van der Waals surface area contributed by atoms with Gasteiger partial charge >= 0.3 is 5.97 Å². The number of ketones is 1. The largest absolute Gasteiger partial charge is 0.488 e. The second kappa shape index (κ2) is 5.30. The summed E-state index contributed by atoms with van der Waals surface area (Å²) >= 11 is 0. The Morgan fingerprint density at radius 2 is 1.88 bits per heavy atom. The topological polar surface area (TPSA) is 83.6 Å². The van der Waals surface area contributed by atoms with E-state index in [1.807, 2.05) is 27.7 Å². The van der Waals surface area contributed by atoms with Crippen LogP contribution in [0.15, 0.2) is 11.3 Å². The molecule has 0 saturated carbocycles. The van der Waals surface area contributed by atoms with Crippen molar-refractivity contribution in [1.82, 2.24) is 0 Å². The number of hydrogen-bond acceptors (Lipinski definition) is 7. The van der Waals surface area contributed by atoms with E-state index >= 15 is 0 Å². The number of hydrogen-bond donors (Lipinski definition) is 0. The van der Waals surface area contributed by atoms with Crippen LogP contribution in [0, 0.1) is 0 Å². The number of epoxide rings is 1. The van der Waals surface area contributed by atoms with Crippen molar-refractivity contribution in [3.05, 3.63) is 11.3 Å². The van der Waals surface area contributed by atoms with Gasteiger partial charge in [-0.15, -0.1) is 0 Å². The van der Waals surface area contributed by atoms with E-state index in [1.165, 1.54) is 6.92 Å².